The number of halogens is 5. The lowest BCUT2D eigenvalue weighted by atomic mass is 10.0. The summed E-state index contributed by atoms with van der Waals surface area (Å²) in [6, 6.07) is 3.41. The first-order valence-electron chi connectivity index (χ1n) is 9.74. The second-order valence-corrected chi connectivity index (χ2v) is 7.57. The fourth-order valence-corrected chi connectivity index (χ4v) is 3.43. The number of hydrogen-bond acceptors (Lipinski definition) is 5. The average Bonchev–Trinajstić information content (AvgIpc) is 3.49. The maximum Gasteiger partial charge on any atom is 0.573 e. The number of likely N-dealkylation sites (tertiary alicyclic amines) is 1. The van der Waals surface area contributed by atoms with Gasteiger partial charge in [-0.15, -0.1) is 13.2 Å². The Kier molecular flexibility index (Phi) is 5.67. The van der Waals surface area contributed by atoms with Crippen LogP contribution in [0.1, 0.15) is 46.7 Å². The zero-order chi connectivity index (χ0) is 22.2. The van der Waals surface area contributed by atoms with Gasteiger partial charge in [-0.1, -0.05) is 6.07 Å². The second kappa shape index (κ2) is 8.27. The van der Waals surface area contributed by atoms with E-state index in [1.165, 1.54) is 24.5 Å². The zero-order valence-corrected chi connectivity index (χ0v) is 16.2. The molecule has 1 saturated carbocycles. The minimum Gasteiger partial charge on any atom is -0.406 e. The van der Waals surface area contributed by atoms with Crippen LogP contribution in [0.3, 0.4) is 0 Å². The van der Waals surface area contributed by atoms with Gasteiger partial charge in [0.25, 0.3) is 12.3 Å². The highest BCUT2D eigenvalue weighted by molar-refractivity contribution is 5.94. The Labute approximate surface area is 174 Å². The van der Waals surface area contributed by atoms with Gasteiger partial charge in [0.1, 0.15) is 5.75 Å². The van der Waals surface area contributed by atoms with Gasteiger partial charge in [-0.3, -0.25) is 4.79 Å². The Balaban J connectivity index is 1.40. The van der Waals surface area contributed by atoms with Crippen molar-refractivity contribution in [1.29, 1.82) is 0 Å². The van der Waals surface area contributed by atoms with Gasteiger partial charge in [-0.2, -0.15) is 0 Å². The number of rotatable bonds is 7. The van der Waals surface area contributed by atoms with Crippen LogP contribution >= 0.6 is 0 Å². The first-order valence-corrected chi connectivity index (χ1v) is 9.74. The van der Waals surface area contributed by atoms with E-state index >= 15 is 0 Å². The predicted molar refractivity (Wildman–Crippen MR) is 99.9 cm³/mol. The number of carbonyl (C=O) groups is 1. The molecule has 2 aromatic rings. The number of hydrogen-bond donors (Lipinski definition) is 1. The van der Waals surface area contributed by atoms with Crippen molar-refractivity contribution >= 4 is 11.9 Å². The van der Waals surface area contributed by atoms with Crippen molar-refractivity contribution in [2.45, 2.75) is 50.6 Å². The van der Waals surface area contributed by atoms with Gasteiger partial charge in [-0.05, 0) is 48.4 Å². The van der Waals surface area contributed by atoms with Crippen molar-refractivity contribution < 1.29 is 31.5 Å². The summed E-state index contributed by atoms with van der Waals surface area (Å²) in [5.41, 5.74) is 1.43. The number of ether oxygens (including phenoxy) is 1. The molecule has 1 amide bonds. The van der Waals surface area contributed by atoms with Gasteiger partial charge in [0.05, 0.1) is 11.6 Å². The summed E-state index contributed by atoms with van der Waals surface area (Å²) in [7, 11) is 0. The van der Waals surface area contributed by atoms with Crippen LogP contribution < -0.4 is 10.1 Å². The highest BCUT2D eigenvalue weighted by atomic mass is 19.4. The number of aromatic nitrogens is 2. The van der Waals surface area contributed by atoms with Gasteiger partial charge in [0, 0.05) is 25.5 Å². The molecular formula is C20H19F5N4O2. The lowest BCUT2D eigenvalue weighted by Crippen LogP contribution is -2.54. The van der Waals surface area contributed by atoms with Crippen LogP contribution in [0, 0.1) is 0 Å². The van der Waals surface area contributed by atoms with Crippen molar-refractivity contribution in [3.8, 4) is 5.75 Å². The second-order valence-electron chi connectivity index (χ2n) is 7.57. The average molecular weight is 442 g/mol. The molecule has 1 unspecified atom stereocenters. The number of carbonyl (C=O) groups excluding carboxylic acids is 1. The summed E-state index contributed by atoms with van der Waals surface area (Å²) in [4.78, 5) is 21.4. The van der Waals surface area contributed by atoms with E-state index in [2.05, 4.69) is 20.0 Å². The largest absolute Gasteiger partial charge is 0.573 e. The molecule has 0 bridgehead atoms. The Hall–Kier alpha value is -2.98. The van der Waals surface area contributed by atoms with E-state index in [9.17, 15) is 26.7 Å². The third-order valence-corrected chi connectivity index (χ3v) is 5.24. The lowest BCUT2D eigenvalue weighted by molar-refractivity contribution is -0.274. The lowest BCUT2D eigenvalue weighted by Gasteiger charge is -2.40. The number of nitrogens with zero attached hydrogens (tertiary/aromatic N) is 3. The van der Waals surface area contributed by atoms with Crippen LogP contribution in [0.2, 0.25) is 0 Å². The van der Waals surface area contributed by atoms with E-state index in [0.29, 0.717) is 5.56 Å². The van der Waals surface area contributed by atoms with E-state index in [1.54, 1.807) is 6.07 Å². The van der Waals surface area contributed by atoms with Crippen molar-refractivity contribution in [1.82, 2.24) is 14.9 Å². The maximum atomic E-state index is 12.8. The molecule has 11 heteroatoms. The molecule has 4 rings (SSSR count). The Bertz CT molecular complexity index is 948. The quantitative estimate of drug-likeness (QED) is 0.646. The summed E-state index contributed by atoms with van der Waals surface area (Å²) in [6.07, 6.45) is -2.82. The summed E-state index contributed by atoms with van der Waals surface area (Å²) < 4.78 is 67.5. The van der Waals surface area contributed by atoms with Crippen LogP contribution in [0.5, 0.6) is 5.75 Å². The minimum atomic E-state index is -4.78. The van der Waals surface area contributed by atoms with Crippen LogP contribution in [0.4, 0.5) is 27.9 Å². The fraction of sp³-hybridized carbons (Fsp3) is 0.450. The third-order valence-electron chi connectivity index (χ3n) is 5.24. The zero-order valence-electron chi connectivity index (χ0n) is 16.2. The minimum absolute atomic E-state index is 0.0903. The van der Waals surface area contributed by atoms with Gasteiger partial charge < -0.3 is 15.0 Å². The molecule has 2 fully saturated rings. The monoisotopic (exact) mass is 442 g/mol. The van der Waals surface area contributed by atoms with Crippen LogP contribution in [0.25, 0.3) is 0 Å². The number of nitrogens with one attached hydrogen (secondary N) is 1. The molecule has 1 aromatic heterocycles. The van der Waals surface area contributed by atoms with Crippen LogP contribution in [0.15, 0.2) is 30.6 Å². The normalized spacial score (nSPS) is 18.6. The van der Waals surface area contributed by atoms with Gasteiger partial charge in [0.15, 0.2) is 0 Å². The molecule has 2 heterocycles. The van der Waals surface area contributed by atoms with Crippen molar-refractivity contribution in [2.24, 2.45) is 0 Å². The highest BCUT2D eigenvalue weighted by Gasteiger charge is 2.39. The highest BCUT2D eigenvalue weighted by Crippen LogP contribution is 2.42. The SMILES string of the molecule is O=C(c1cnc(NCc2cc(OC(F)(F)F)cc(C3CC3)c2)nc1)N1CCC1C(F)F. The van der Waals surface area contributed by atoms with E-state index < -0.39 is 24.7 Å². The molecule has 31 heavy (non-hydrogen) atoms. The number of amides is 1. The summed E-state index contributed by atoms with van der Waals surface area (Å²) >= 11 is 0. The van der Waals surface area contributed by atoms with Gasteiger partial charge in [-0.25, -0.2) is 18.7 Å². The molecule has 1 aromatic carbocycles. The molecule has 1 saturated heterocycles. The third kappa shape index (κ3) is 5.20. The number of benzene rings is 1. The molecule has 166 valence electrons. The standard InChI is InChI=1S/C20H19F5N4O2/c21-17(22)16-3-4-29(16)18(30)14-9-27-19(28-10-14)26-8-11-5-13(12-1-2-12)7-15(6-11)31-20(23,24)25/h5-7,9-10,12,16-17H,1-4,8H2,(H,26,27,28). The molecule has 0 radical (unpaired) electrons. The first-order chi connectivity index (χ1) is 14.7. The number of alkyl halides is 5. The maximum absolute atomic E-state index is 12.8. The van der Waals surface area contributed by atoms with Crippen molar-refractivity contribution in [2.75, 3.05) is 11.9 Å². The van der Waals surface area contributed by atoms with Crippen molar-refractivity contribution in [3.05, 3.63) is 47.3 Å². The molecule has 0 spiro atoms. The Morgan fingerprint density at radius 1 is 1.16 bits per heavy atom. The molecule has 6 nitrogen and oxygen atoms in total. The summed E-state index contributed by atoms with van der Waals surface area (Å²) in [5, 5.41) is 2.88. The molecule has 1 aliphatic heterocycles. The summed E-state index contributed by atoms with van der Waals surface area (Å²) in [6.45, 7) is 0.398. The van der Waals surface area contributed by atoms with Crippen LogP contribution in [-0.2, 0) is 6.54 Å². The van der Waals surface area contributed by atoms with Gasteiger partial charge >= 0.3 is 6.36 Å². The molecule has 1 N–H and O–H groups in total. The molecular weight excluding hydrogens is 423 g/mol. The predicted octanol–water partition coefficient (Wildman–Crippen LogP) is 4.34. The van der Waals surface area contributed by atoms with Crippen LogP contribution in [-0.4, -0.2) is 46.1 Å². The van der Waals surface area contributed by atoms with E-state index in [0.717, 1.165) is 23.3 Å². The van der Waals surface area contributed by atoms with E-state index in [-0.39, 0.29) is 42.7 Å². The number of anilines is 1. The summed E-state index contributed by atoms with van der Waals surface area (Å²) in [5.74, 6) is -0.454. The molecule has 2 aliphatic rings. The first kappa shape index (κ1) is 21.3. The molecule has 1 atom stereocenters. The van der Waals surface area contributed by atoms with Gasteiger partial charge in [0.2, 0.25) is 5.95 Å². The fourth-order valence-electron chi connectivity index (χ4n) is 3.43. The Morgan fingerprint density at radius 2 is 1.87 bits per heavy atom. The topological polar surface area (TPSA) is 67.3 Å². The Morgan fingerprint density at radius 3 is 2.42 bits per heavy atom. The smallest absolute Gasteiger partial charge is 0.406 e. The van der Waals surface area contributed by atoms with E-state index in [4.69, 9.17) is 0 Å². The van der Waals surface area contributed by atoms with E-state index in [1.807, 2.05) is 0 Å². The molecule has 1 aliphatic carbocycles. The van der Waals surface area contributed by atoms with Crippen molar-refractivity contribution in [3.63, 3.8) is 0 Å².